The average molecular weight is 235 g/mol. The lowest BCUT2D eigenvalue weighted by atomic mass is 10.3. The van der Waals surface area contributed by atoms with Crippen LogP contribution < -0.4 is 4.74 Å². The van der Waals surface area contributed by atoms with Gasteiger partial charge in [-0.3, -0.25) is 4.98 Å². The van der Waals surface area contributed by atoms with Crippen LogP contribution in [0.2, 0.25) is 0 Å². The number of ether oxygens (including phenoxy) is 1. The van der Waals surface area contributed by atoms with Crippen LogP contribution in [0.15, 0.2) is 12.1 Å². The van der Waals surface area contributed by atoms with Gasteiger partial charge in [0, 0.05) is 5.69 Å². The molecule has 17 heavy (non-hydrogen) atoms. The van der Waals surface area contributed by atoms with Crippen molar-refractivity contribution in [3.05, 3.63) is 29.3 Å². The minimum atomic E-state index is -0.162. The van der Waals surface area contributed by atoms with Crippen LogP contribution in [-0.4, -0.2) is 30.3 Å². The van der Waals surface area contributed by atoms with Crippen LogP contribution in [-0.2, 0) is 20.3 Å². The predicted octanol–water partition coefficient (Wildman–Crippen LogP) is -0.0152. The monoisotopic (exact) mass is 235 g/mol. The molecular formula is C10H13N5O2. The van der Waals surface area contributed by atoms with Gasteiger partial charge in [-0.1, -0.05) is 0 Å². The summed E-state index contributed by atoms with van der Waals surface area (Å²) in [6, 6.07) is 3.59. The maximum Gasteiger partial charge on any atom is 0.212 e. The molecule has 7 nitrogen and oxygen atoms in total. The normalized spacial score (nSPS) is 10.5. The lowest BCUT2D eigenvalue weighted by molar-refractivity contribution is 0.250. The Kier molecular flexibility index (Phi) is 3.29. The first kappa shape index (κ1) is 11.5. The van der Waals surface area contributed by atoms with E-state index in [2.05, 4.69) is 20.4 Å². The maximum atomic E-state index is 9.15. The van der Waals surface area contributed by atoms with Gasteiger partial charge in [0.1, 0.15) is 11.4 Å². The Morgan fingerprint density at radius 2 is 2.24 bits per heavy atom. The minimum absolute atomic E-state index is 0.162. The molecule has 0 spiro atoms. The number of hydrogen-bond donors (Lipinski definition) is 1. The summed E-state index contributed by atoms with van der Waals surface area (Å²) in [6.07, 6.45) is 0. The predicted molar refractivity (Wildman–Crippen MR) is 58.0 cm³/mol. The number of aromatic nitrogens is 5. The molecule has 0 bridgehead atoms. The van der Waals surface area contributed by atoms with Crippen LogP contribution in [0, 0.1) is 6.92 Å². The standard InChI is InChI=1S/C10H13N5O2/c1-7-3-4-9(8(5-16)11-7)17-6-10-12-14-15(2)13-10/h3-4,16H,5-6H2,1-2H3. The van der Waals surface area contributed by atoms with Crippen molar-refractivity contribution in [2.24, 2.45) is 7.05 Å². The summed E-state index contributed by atoms with van der Waals surface area (Å²) < 4.78 is 5.48. The Labute approximate surface area is 98.1 Å². The van der Waals surface area contributed by atoms with Crippen LogP contribution in [0.1, 0.15) is 17.2 Å². The molecule has 2 rings (SSSR count). The van der Waals surface area contributed by atoms with E-state index in [-0.39, 0.29) is 13.2 Å². The smallest absolute Gasteiger partial charge is 0.212 e. The Bertz CT molecular complexity index is 511. The summed E-state index contributed by atoms with van der Waals surface area (Å²) in [5, 5.41) is 20.6. The topological polar surface area (TPSA) is 86.0 Å². The van der Waals surface area contributed by atoms with Crippen LogP contribution in [0.3, 0.4) is 0 Å². The summed E-state index contributed by atoms with van der Waals surface area (Å²) in [5.74, 6) is 1.02. The van der Waals surface area contributed by atoms with Gasteiger partial charge in [0.25, 0.3) is 0 Å². The number of nitrogens with zero attached hydrogens (tertiary/aromatic N) is 5. The van der Waals surface area contributed by atoms with Crippen molar-refractivity contribution < 1.29 is 9.84 Å². The molecule has 0 unspecified atom stereocenters. The van der Waals surface area contributed by atoms with Crippen LogP contribution >= 0.6 is 0 Å². The van der Waals surface area contributed by atoms with Crippen molar-refractivity contribution in [2.45, 2.75) is 20.1 Å². The summed E-state index contributed by atoms with van der Waals surface area (Å²) in [7, 11) is 1.68. The molecule has 7 heteroatoms. The van der Waals surface area contributed by atoms with Crippen molar-refractivity contribution in [3.63, 3.8) is 0 Å². The summed E-state index contributed by atoms with van der Waals surface area (Å²) >= 11 is 0. The largest absolute Gasteiger partial charge is 0.483 e. The van der Waals surface area contributed by atoms with E-state index in [4.69, 9.17) is 9.84 Å². The number of tetrazole rings is 1. The first-order valence-corrected chi connectivity index (χ1v) is 5.12. The molecule has 0 aliphatic rings. The first-order valence-electron chi connectivity index (χ1n) is 5.12. The summed E-state index contributed by atoms with van der Waals surface area (Å²) in [4.78, 5) is 5.53. The van der Waals surface area contributed by atoms with Crippen molar-refractivity contribution in [1.29, 1.82) is 0 Å². The van der Waals surface area contributed by atoms with Gasteiger partial charge in [0.15, 0.2) is 6.61 Å². The molecule has 2 aromatic heterocycles. The van der Waals surface area contributed by atoms with Crippen LogP contribution in [0.25, 0.3) is 0 Å². The van der Waals surface area contributed by atoms with Gasteiger partial charge in [-0.25, -0.2) is 0 Å². The zero-order valence-corrected chi connectivity index (χ0v) is 9.66. The molecule has 0 fully saturated rings. The van der Waals surface area contributed by atoms with Gasteiger partial charge in [0.05, 0.1) is 13.7 Å². The third kappa shape index (κ3) is 2.76. The van der Waals surface area contributed by atoms with Gasteiger partial charge < -0.3 is 9.84 Å². The molecule has 0 aliphatic carbocycles. The molecule has 0 radical (unpaired) electrons. The van der Waals surface area contributed by atoms with Gasteiger partial charge in [-0.2, -0.15) is 4.80 Å². The Morgan fingerprint density at radius 3 is 2.88 bits per heavy atom. The molecule has 0 aliphatic heterocycles. The summed E-state index contributed by atoms with van der Waals surface area (Å²) in [6.45, 7) is 1.89. The quantitative estimate of drug-likeness (QED) is 0.801. The van der Waals surface area contributed by atoms with Crippen molar-refractivity contribution >= 4 is 0 Å². The molecule has 0 saturated heterocycles. The van der Waals surface area contributed by atoms with E-state index in [0.29, 0.717) is 17.3 Å². The van der Waals surface area contributed by atoms with E-state index < -0.39 is 0 Å². The number of rotatable bonds is 4. The Hall–Kier alpha value is -2.02. The molecule has 2 heterocycles. The number of aliphatic hydroxyl groups excluding tert-OH is 1. The van der Waals surface area contributed by atoms with Gasteiger partial charge >= 0.3 is 0 Å². The van der Waals surface area contributed by atoms with Crippen LogP contribution in [0.5, 0.6) is 5.75 Å². The summed E-state index contributed by atoms with van der Waals surface area (Å²) in [5.41, 5.74) is 1.34. The lowest BCUT2D eigenvalue weighted by Gasteiger charge is -2.07. The molecule has 90 valence electrons. The third-order valence-corrected chi connectivity index (χ3v) is 2.13. The van der Waals surface area contributed by atoms with E-state index in [0.717, 1.165) is 5.69 Å². The highest BCUT2D eigenvalue weighted by molar-refractivity contribution is 5.28. The van der Waals surface area contributed by atoms with Gasteiger partial charge in [-0.05, 0) is 24.3 Å². The second kappa shape index (κ2) is 4.88. The van der Waals surface area contributed by atoms with Crippen LogP contribution in [0.4, 0.5) is 0 Å². The van der Waals surface area contributed by atoms with E-state index >= 15 is 0 Å². The molecule has 1 N–H and O–H groups in total. The molecule has 0 amide bonds. The zero-order valence-electron chi connectivity index (χ0n) is 9.66. The van der Waals surface area contributed by atoms with Gasteiger partial charge in [-0.15, -0.1) is 10.2 Å². The number of hydrogen-bond acceptors (Lipinski definition) is 6. The molecule has 2 aromatic rings. The average Bonchev–Trinajstić information content (AvgIpc) is 2.73. The molecule has 0 saturated carbocycles. The lowest BCUT2D eigenvalue weighted by Crippen LogP contribution is -2.03. The second-order valence-electron chi connectivity index (χ2n) is 3.54. The van der Waals surface area contributed by atoms with Crippen molar-refractivity contribution in [2.75, 3.05) is 0 Å². The van der Waals surface area contributed by atoms with E-state index in [1.54, 1.807) is 13.1 Å². The highest BCUT2D eigenvalue weighted by Crippen LogP contribution is 2.17. The molecule has 0 aromatic carbocycles. The fourth-order valence-electron chi connectivity index (χ4n) is 1.37. The first-order chi connectivity index (χ1) is 8.19. The SMILES string of the molecule is Cc1ccc(OCc2nnn(C)n2)c(CO)n1. The van der Waals surface area contributed by atoms with E-state index in [1.807, 2.05) is 13.0 Å². The fourth-order valence-corrected chi connectivity index (χ4v) is 1.37. The fraction of sp³-hybridized carbons (Fsp3) is 0.400. The third-order valence-electron chi connectivity index (χ3n) is 2.13. The highest BCUT2D eigenvalue weighted by Gasteiger charge is 2.07. The Morgan fingerprint density at radius 1 is 1.41 bits per heavy atom. The molecule has 0 atom stereocenters. The number of pyridine rings is 1. The zero-order chi connectivity index (χ0) is 12.3. The molecular weight excluding hydrogens is 222 g/mol. The van der Waals surface area contributed by atoms with Crippen molar-refractivity contribution in [1.82, 2.24) is 25.2 Å². The van der Waals surface area contributed by atoms with Crippen molar-refractivity contribution in [3.8, 4) is 5.75 Å². The highest BCUT2D eigenvalue weighted by atomic mass is 16.5. The van der Waals surface area contributed by atoms with E-state index in [1.165, 1.54) is 4.80 Å². The minimum Gasteiger partial charge on any atom is -0.483 e. The second-order valence-corrected chi connectivity index (χ2v) is 3.54. The number of aliphatic hydroxyl groups is 1. The van der Waals surface area contributed by atoms with Gasteiger partial charge in [0.2, 0.25) is 5.82 Å². The number of aryl methyl sites for hydroxylation is 2. The van der Waals surface area contributed by atoms with E-state index in [9.17, 15) is 0 Å². The maximum absolute atomic E-state index is 9.15. The Balaban J connectivity index is 2.08.